The van der Waals surface area contributed by atoms with Gasteiger partial charge < -0.3 is 20.3 Å². The van der Waals surface area contributed by atoms with Crippen LogP contribution in [0, 0.1) is 0 Å². The summed E-state index contributed by atoms with van der Waals surface area (Å²) >= 11 is 5.88. The molecule has 22 heavy (non-hydrogen) atoms. The molecule has 0 radical (unpaired) electrons. The third-order valence-electron chi connectivity index (χ3n) is 3.44. The highest BCUT2D eigenvalue weighted by atomic mass is 35.5. The van der Waals surface area contributed by atoms with Gasteiger partial charge in [0.05, 0.1) is 5.69 Å². The molecule has 2 amide bonds. The first-order chi connectivity index (χ1) is 10.3. The van der Waals surface area contributed by atoms with Gasteiger partial charge in [0.1, 0.15) is 5.75 Å². The molecule has 1 aromatic rings. The molecule has 2 rings (SSSR count). The van der Waals surface area contributed by atoms with Gasteiger partial charge in [-0.1, -0.05) is 11.6 Å². The molecule has 0 saturated carbocycles. The Morgan fingerprint density at radius 3 is 2.86 bits per heavy atom. The zero-order valence-corrected chi connectivity index (χ0v) is 13.7. The van der Waals surface area contributed by atoms with Crippen LogP contribution in [0.2, 0.25) is 5.02 Å². The Morgan fingerprint density at radius 1 is 1.45 bits per heavy atom. The largest absolute Gasteiger partial charge is 0.466 e. The first-order valence-corrected chi connectivity index (χ1v) is 7.44. The van der Waals surface area contributed by atoms with E-state index < -0.39 is 17.4 Å². The molecule has 1 aliphatic heterocycles. The highest BCUT2D eigenvalue weighted by molar-refractivity contribution is 6.31. The topological polar surface area (TPSA) is 70.7 Å². The maximum Gasteiger partial charge on any atom is 0.278 e. The predicted molar refractivity (Wildman–Crippen MR) is 85.3 cm³/mol. The van der Waals surface area contributed by atoms with Crippen molar-refractivity contribution < 1.29 is 14.3 Å². The van der Waals surface area contributed by atoms with Crippen LogP contribution < -0.4 is 15.4 Å². The number of hydrogen-bond acceptors (Lipinski definition) is 4. The van der Waals surface area contributed by atoms with Crippen LogP contribution in [0.1, 0.15) is 13.3 Å². The minimum Gasteiger partial charge on any atom is -0.466 e. The molecule has 0 unspecified atom stereocenters. The molecular formula is C15H20ClN3O3. The van der Waals surface area contributed by atoms with E-state index >= 15 is 0 Å². The summed E-state index contributed by atoms with van der Waals surface area (Å²) in [4.78, 5) is 26.6. The van der Waals surface area contributed by atoms with Crippen LogP contribution in [0.15, 0.2) is 18.2 Å². The van der Waals surface area contributed by atoms with Crippen LogP contribution in [0.3, 0.4) is 0 Å². The lowest BCUT2D eigenvalue weighted by Crippen LogP contribution is -2.58. The molecule has 0 bridgehead atoms. The minimum absolute atomic E-state index is 0.426. The van der Waals surface area contributed by atoms with Crippen LogP contribution in [0.25, 0.3) is 0 Å². The Hall–Kier alpha value is -1.79. The summed E-state index contributed by atoms with van der Waals surface area (Å²) in [5.74, 6) is -0.535. The molecule has 1 heterocycles. The fourth-order valence-electron chi connectivity index (χ4n) is 2.11. The van der Waals surface area contributed by atoms with E-state index in [0.29, 0.717) is 23.0 Å². The number of nitrogens with one attached hydrogen (secondary N) is 2. The smallest absolute Gasteiger partial charge is 0.278 e. The van der Waals surface area contributed by atoms with E-state index in [2.05, 4.69) is 10.6 Å². The summed E-state index contributed by atoms with van der Waals surface area (Å²) in [6.45, 7) is 2.79. The Labute approximate surface area is 134 Å². The second-order valence-electron chi connectivity index (χ2n) is 5.64. The van der Waals surface area contributed by atoms with Gasteiger partial charge in [-0.15, -0.1) is 0 Å². The second kappa shape index (κ2) is 6.54. The highest BCUT2D eigenvalue weighted by Gasteiger charge is 2.47. The van der Waals surface area contributed by atoms with Gasteiger partial charge in [0, 0.05) is 11.6 Å². The predicted octanol–water partition coefficient (Wildman–Crippen LogP) is 1.50. The zero-order chi connectivity index (χ0) is 16.3. The van der Waals surface area contributed by atoms with Crippen molar-refractivity contribution in [2.45, 2.75) is 18.9 Å². The van der Waals surface area contributed by atoms with Crippen LogP contribution in [-0.2, 0) is 9.59 Å². The molecule has 0 saturated heterocycles. The lowest BCUT2D eigenvalue weighted by atomic mass is 10.0. The number of hydrogen-bond donors (Lipinski definition) is 2. The first-order valence-electron chi connectivity index (χ1n) is 7.06. The number of amides is 2. The normalized spacial score (nSPS) is 20.1. The Kier molecular flexibility index (Phi) is 4.93. The molecule has 1 aliphatic rings. The minimum atomic E-state index is -1.58. The molecule has 0 spiro atoms. The number of ether oxygens (including phenoxy) is 1. The maximum atomic E-state index is 12.3. The molecular weight excluding hydrogens is 306 g/mol. The molecule has 1 aromatic carbocycles. The fraction of sp³-hybridized carbons (Fsp3) is 0.467. The molecule has 7 heteroatoms. The van der Waals surface area contributed by atoms with Gasteiger partial charge in [0.25, 0.3) is 17.4 Å². The summed E-state index contributed by atoms with van der Waals surface area (Å²) < 4.78 is 5.63. The van der Waals surface area contributed by atoms with Crippen LogP contribution in [-0.4, -0.2) is 49.5 Å². The molecule has 1 atom stereocenters. The summed E-state index contributed by atoms with van der Waals surface area (Å²) in [5.41, 5.74) is -1.12. The monoisotopic (exact) mass is 325 g/mol. The Balaban J connectivity index is 2.04. The van der Waals surface area contributed by atoms with E-state index in [-0.39, 0.29) is 0 Å². The van der Waals surface area contributed by atoms with Crippen molar-refractivity contribution in [2.24, 2.45) is 0 Å². The van der Waals surface area contributed by atoms with E-state index in [1.807, 2.05) is 19.0 Å². The fourth-order valence-corrected chi connectivity index (χ4v) is 2.28. The average Bonchev–Trinajstić information content (AvgIpc) is 2.45. The standard InChI is InChI=1S/C15H20ClN3O3/c1-15(13(20)17-7-4-8-19(2)3)14(21)18-11-9-10(16)5-6-12(11)22-15/h5-6,9H,4,7-8H2,1-3H3,(H,17,20)(H,18,21)/t15-/m0/s1. The quantitative estimate of drug-likeness (QED) is 0.636. The van der Waals surface area contributed by atoms with Gasteiger partial charge in [-0.2, -0.15) is 0 Å². The Morgan fingerprint density at radius 2 is 2.18 bits per heavy atom. The van der Waals surface area contributed by atoms with E-state index in [1.165, 1.54) is 6.92 Å². The molecule has 6 nitrogen and oxygen atoms in total. The molecule has 0 aromatic heterocycles. The number of anilines is 1. The Bertz CT molecular complexity index is 591. The van der Waals surface area contributed by atoms with Crippen molar-refractivity contribution in [3.05, 3.63) is 23.2 Å². The SMILES string of the molecule is CN(C)CCCNC(=O)[C@]1(C)Oc2ccc(Cl)cc2NC1=O. The van der Waals surface area contributed by atoms with Crippen molar-refractivity contribution in [1.82, 2.24) is 10.2 Å². The van der Waals surface area contributed by atoms with Gasteiger partial charge in [-0.3, -0.25) is 9.59 Å². The van der Waals surface area contributed by atoms with Gasteiger partial charge in [0.15, 0.2) is 0 Å². The van der Waals surface area contributed by atoms with Crippen LogP contribution >= 0.6 is 11.6 Å². The highest BCUT2D eigenvalue weighted by Crippen LogP contribution is 2.35. The molecule has 0 aliphatic carbocycles. The van der Waals surface area contributed by atoms with Crippen molar-refractivity contribution in [1.29, 1.82) is 0 Å². The number of fused-ring (bicyclic) bond motifs is 1. The number of benzene rings is 1. The summed E-state index contributed by atoms with van der Waals surface area (Å²) in [5, 5.41) is 5.89. The van der Waals surface area contributed by atoms with Gasteiger partial charge >= 0.3 is 0 Å². The third-order valence-corrected chi connectivity index (χ3v) is 3.67. The van der Waals surface area contributed by atoms with Crippen LogP contribution in [0.4, 0.5) is 5.69 Å². The van der Waals surface area contributed by atoms with Gasteiger partial charge in [-0.05, 0) is 52.2 Å². The summed E-state index contributed by atoms with van der Waals surface area (Å²) in [6, 6.07) is 4.87. The average molecular weight is 326 g/mol. The molecule has 120 valence electrons. The number of rotatable bonds is 5. The van der Waals surface area contributed by atoms with Gasteiger partial charge in [-0.25, -0.2) is 0 Å². The molecule has 0 fully saturated rings. The number of carbonyl (C=O) groups is 2. The summed E-state index contributed by atoms with van der Waals surface area (Å²) in [6.07, 6.45) is 0.794. The van der Waals surface area contributed by atoms with Crippen molar-refractivity contribution in [2.75, 3.05) is 32.5 Å². The van der Waals surface area contributed by atoms with Crippen molar-refractivity contribution in [3.63, 3.8) is 0 Å². The van der Waals surface area contributed by atoms with Gasteiger partial charge in [0.2, 0.25) is 0 Å². The number of nitrogens with zero attached hydrogens (tertiary/aromatic N) is 1. The van der Waals surface area contributed by atoms with E-state index in [9.17, 15) is 9.59 Å². The van der Waals surface area contributed by atoms with Crippen molar-refractivity contribution >= 4 is 29.1 Å². The van der Waals surface area contributed by atoms with Crippen LogP contribution in [0.5, 0.6) is 5.75 Å². The zero-order valence-electron chi connectivity index (χ0n) is 12.9. The van der Waals surface area contributed by atoms with Crippen molar-refractivity contribution in [3.8, 4) is 5.75 Å². The molecule has 2 N–H and O–H groups in total. The first kappa shape index (κ1) is 16.6. The third kappa shape index (κ3) is 3.51. The lowest BCUT2D eigenvalue weighted by molar-refractivity contribution is -0.146. The maximum absolute atomic E-state index is 12.3. The summed E-state index contributed by atoms with van der Waals surface area (Å²) in [7, 11) is 3.92. The second-order valence-corrected chi connectivity index (χ2v) is 6.08. The van der Waals surface area contributed by atoms with E-state index in [1.54, 1.807) is 18.2 Å². The number of carbonyl (C=O) groups excluding carboxylic acids is 2. The van der Waals surface area contributed by atoms with E-state index in [4.69, 9.17) is 16.3 Å². The van der Waals surface area contributed by atoms with E-state index in [0.717, 1.165) is 13.0 Å². The number of halogens is 1. The lowest BCUT2D eigenvalue weighted by Gasteiger charge is -2.33.